The van der Waals surface area contributed by atoms with E-state index in [1.165, 1.54) is 22.3 Å². The molecule has 2 N–H and O–H groups in total. The number of morpholine rings is 1. The lowest BCUT2D eigenvalue weighted by Crippen LogP contribution is -2.36. The quantitative estimate of drug-likeness (QED) is 0.610. The van der Waals surface area contributed by atoms with E-state index < -0.39 is 0 Å². The largest absolute Gasteiger partial charge is 0.379 e. The van der Waals surface area contributed by atoms with E-state index in [2.05, 4.69) is 76.0 Å². The van der Waals surface area contributed by atoms with Crippen molar-refractivity contribution in [2.45, 2.75) is 26.6 Å². The lowest BCUT2D eigenvalue weighted by Gasteiger charge is -2.26. The molecule has 1 aliphatic heterocycles. The molecule has 0 saturated carbocycles. The molecule has 0 spiro atoms. The van der Waals surface area contributed by atoms with Gasteiger partial charge < -0.3 is 15.4 Å². The highest BCUT2D eigenvalue weighted by Crippen LogP contribution is 2.10. The Morgan fingerprint density at radius 3 is 2.33 bits per heavy atom. The number of aliphatic imine (C=N–C) groups is 1. The van der Waals surface area contributed by atoms with Crippen LogP contribution >= 0.6 is 0 Å². The second-order valence-electron chi connectivity index (χ2n) is 6.97. The molecule has 0 aliphatic carbocycles. The van der Waals surface area contributed by atoms with Crippen molar-refractivity contribution in [1.82, 2.24) is 15.5 Å². The van der Waals surface area contributed by atoms with Crippen molar-refractivity contribution in [2.75, 3.05) is 33.4 Å². The minimum atomic E-state index is 0.754. The van der Waals surface area contributed by atoms with E-state index in [4.69, 9.17) is 4.74 Å². The number of benzene rings is 2. The van der Waals surface area contributed by atoms with Gasteiger partial charge in [-0.25, -0.2) is 0 Å². The molecule has 0 atom stereocenters. The van der Waals surface area contributed by atoms with E-state index in [1.54, 1.807) is 7.05 Å². The molecule has 0 aromatic heterocycles. The van der Waals surface area contributed by atoms with Crippen LogP contribution < -0.4 is 10.6 Å². The summed E-state index contributed by atoms with van der Waals surface area (Å²) in [5.74, 6) is 0.814. The van der Waals surface area contributed by atoms with Crippen molar-refractivity contribution in [2.24, 2.45) is 4.99 Å². The van der Waals surface area contributed by atoms with Gasteiger partial charge >= 0.3 is 0 Å². The normalized spacial score (nSPS) is 15.6. The molecule has 0 amide bonds. The van der Waals surface area contributed by atoms with Crippen molar-refractivity contribution in [3.05, 3.63) is 70.8 Å². The average molecular weight is 367 g/mol. The van der Waals surface area contributed by atoms with Crippen LogP contribution in [0.2, 0.25) is 0 Å². The second kappa shape index (κ2) is 10.1. The Bertz CT molecular complexity index is 736. The molecule has 144 valence electrons. The maximum atomic E-state index is 5.43. The van der Waals surface area contributed by atoms with Crippen LogP contribution in [-0.4, -0.2) is 44.2 Å². The van der Waals surface area contributed by atoms with Crippen LogP contribution in [0.25, 0.3) is 0 Å². The summed E-state index contributed by atoms with van der Waals surface area (Å²) in [7, 11) is 1.80. The number of nitrogens with one attached hydrogen (secondary N) is 2. The first kappa shape index (κ1) is 19.4. The number of aryl methyl sites for hydroxylation is 1. The Hall–Kier alpha value is -2.37. The number of nitrogens with zero attached hydrogens (tertiary/aromatic N) is 2. The van der Waals surface area contributed by atoms with Gasteiger partial charge in [0.05, 0.1) is 13.2 Å². The molecule has 1 heterocycles. The predicted octanol–water partition coefficient (Wildman–Crippen LogP) is 2.69. The van der Waals surface area contributed by atoms with Crippen LogP contribution in [-0.2, 0) is 24.4 Å². The van der Waals surface area contributed by atoms with E-state index in [0.717, 1.165) is 51.9 Å². The van der Waals surface area contributed by atoms with Gasteiger partial charge in [0.1, 0.15) is 0 Å². The standard InChI is InChI=1S/C22H30N4O/c1-18-6-8-19(9-7-18)15-24-22(23-2)25-16-20-4-3-5-21(14-20)17-26-10-12-27-13-11-26/h3-9,14H,10-13,15-17H2,1-2H3,(H2,23,24,25). The minimum absolute atomic E-state index is 0.754. The highest BCUT2D eigenvalue weighted by atomic mass is 16.5. The van der Waals surface area contributed by atoms with Crippen LogP contribution in [0.4, 0.5) is 0 Å². The van der Waals surface area contributed by atoms with E-state index in [9.17, 15) is 0 Å². The number of guanidine groups is 1. The summed E-state index contributed by atoms with van der Waals surface area (Å²) in [5.41, 5.74) is 5.13. The molecule has 0 unspecified atom stereocenters. The van der Waals surface area contributed by atoms with Crippen LogP contribution in [0.1, 0.15) is 22.3 Å². The molecule has 3 rings (SSSR count). The van der Waals surface area contributed by atoms with Crippen molar-refractivity contribution >= 4 is 5.96 Å². The van der Waals surface area contributed by atoms with E-state index in [1.807, 2.05) is 0 Å². The second-order valence-corrected chi connectivity index (χ2v) is 6.97. The molecular weight excluding hydrogens is 336 g/mol. The molecule has 27 heavy (non-hydrogen) atoms. The average Bonchev–Trinajstić information content (AvgIpc) is 2.70. The summed E-state index contributed by atoms with van der Waals surface area (Å²) in [6, 6.07) is 17.3. The smallest absolute Gasteiger partial charge is 0.191 e. The van der Waals surface area contributed by atoms with Gasteiger partial charge in [0.2, 0.25) is 0 Å². The maximum absolute atomic E-state index is 5.43. The van der Waals surface area contributed by atoms with E-state index >= 15 is 0 Å². The van der Waals surface area contributed by atoms with Gasteiger partial charge in [-0.2, -0.15) is 0 Å². The van der Waals surface area contributed by atoms with Crippen molar-refractivity contribution in [3.63, 3.8) is 0 Å². The van der Waals surface area contributed by atoms with Gasteiger partial charge in [0.25, 0.3) is 0 Å². The molecule has 1 fully saturated rings. The summed E-state index contributed by atoms with van der Waals surface area (Å²) in [6.45, 7) is 8.30. The number of rotatable bonds is 6. The van der Waals surface area contributed by atoms with E-state index in [0.29, 0.717) is 0 Å². The summed E-state index contributed by atoms with van der Waals surface area (Å²) >= 11 is 0. The zero-order chi connectivity index (χ0) is 18.9. The fourth-order valence-electron chi connectivity index (χ4n) is 3.15. The summed E-state index contributed by atoms with van der Waals surface area (Å²) in [6.07, 6.45) is 0. The van der Waals surface area contributed by atoms with Crippen LogP contribution in [0, 0.1) is 6.92 Å². The third-order valence-electron chi connectivity index (χ3n) is 4.77. The number of hydrogen-bond donors (Lipinski definition) is 2. The maximum Gasteiger partial charge on any atom is 0.191 e. The lowest BCUT2D eigenvalue weighted by molar-refractivity contribution is 0.0342. The van der Waals surface area contributed by atoms with Crippen LogP contribution in [0.5, 0.6) is 0 Å². The van der Waals surface area contributed by atoms with Gasteiger partial charge in [0, 0.05) is 39.8 Å². The van der Waals surface area contributed by atoms with Crippen molar-refractivity contribution < 1.29 is 4.74 Å². The third kappa shape index (κ3) is 6.38. The van der Waals surface area contributed by atoms with Gasteiger partial charge in [-0.3, -0.25) is 9.89 Å². The van der Waals surface area contributed by atoms with Gasteiger partial charge in [-0.15, -0.1) is 0 Å². The Labute approximate surface area is 162 Å². The summed E-state index contributed by atoms with van der Waals surface area (Å²) < 4.78 is 5.43. The Morgan fingerprint density at radius 1 is 0.963 bits per heavy atom. The molecule has 0 radical (unpaired) electrons. The number of hydrogen-bond acceptors (Lipinski definition) is 3. The van der Waals surface area contributed by atoms with Crippen LogP contribution in [0.15, 0.2) is 53.5 Å². The first-order chi connectivity index (χ1) is 13.2. The highest BCUT2D eigenvalue weighted by Gasteiger charge is 2.10. The molecule has 1 aliphatic rings. The minimum Gasteiger partial charge on any atom is -0.379 e. The fourth-order valence-corrected chi connectivity index (χ4v) is 3.15. The molecule has 5 heteroatoms. The SMILES string of the molecule is CN=C(NCc1ccc(C)cc1)NCc1cccc(CN2CCOCC2)c1. The zero-order valence-corrected chi connectivity index (χ0v) is 16.4. The molecular formula is C22H30N4O. The Balaban J connectivity index is 1.48. The first-order valence-electron chi connectivity index (χ1n) is 9.61. The lowest BCUT2D eigenvalue weighted by atomic mass is 10.1. The van der Waals surface area contributed by atoms with Gasteiger partial charge in [-0.05, 0) is 23.6 Å². The third-order valence-corrected chi connectivity index (χ3v) is 4.77. The Kier molecular flexibility index (Phi) is 7.25. The molecule has 2 aromatic carbocycles. The fraction of sp³-hybridized carbons (Fsp3) is 0.409. The van der Waals surface area contributed by atoms with Crippen molar-refractivity contribution in [3.8, 4) is 0 Å². The van der Waals surface area contributed by atoms with Gasteiger partial charge in [-0.1, -0.05) is 54.1 Å². The highest BCUT2D eigenvalue weighted by molar-refractivity contribution is 5.79. The van der Waals surface area contributed by atoms with Crippen molar-refractivity contribution in [1.29, 1.82) is 0 Å². The van der Waals surface area contributed by atoms with E-state index in [-0.39, 0.29) is 0 Å². The molecule has 5 nitrogen and oxygen atoms in total. The first-order valence-corrected chi connectivity index (χ1v) is 9.61. The predicted molar refractivity (Wildman–Crippen MR) is 111 cm³/mol. The topological polar surface area (TPSA) is 48.9 Å². The molecule has 2 aromatic rings. The monoisotopic (exact) mass is 366 g/mol. The van der Waals surface area contributed by atoms with Gasteiger partial charge in [0.15, 0.2) is 5.96 Å². The zero-order valence-electron chi connectivity index (χ0n) is 16.4. The molecule has 1 saturated heterocycles. The summed E-state index contributed by atoms with van der Waals surface area (Å²) in [4.78, 5) is 6.77. The number of ether oxygens (including phenoxy) is 1. The summed E-state index contributed by atoms with van der Waals surface area (Å²) in [5, 5.41) is 6.78. The molecule has 0 bridgehead atoms. The Morgan fingerprint density at radius 2 is 1.63 bits per heavy atom. The van der Waals surface area contributed by atoms with Crippen LogP contribution in [0.3, 0.4) is 0 Å².